The smallest absolute Gasteiger partial charge is 0.407 e. The number of methoxy groups -OCH3 is 1. The number of nitrogens with one attached hydrogen (secondary N) is 1. The van der Waals surface area contributed by atoms with Gasteiger partial charge in [0.25, 0.3) is 0 Å². The second kappa shape index (κ2) is 7.84. The van der Waals surface area contributed by atoms with Gasteiger partial charge >= 0.3 is 6.09 Å². The number of anilines is 1. The first-order valence-corrected chi connectivity index (χ1v) is 7.07. The van der Waals surface area contributed by atoms with Gasteiger partial charge in [-0.15, -0.1) is 0 Å². The average molecular weight is 311 g/mol. The number of rotatable bonds is 6. The van der Waals surface area contributed by atoms with E-state index in [1.54, 1.807) is 19.1 Å². The van der Waals surface area contributed by atoms with Gasteiger partial charge in [0.05, 0.1) is 26.0 Å². The Hall–Kier alpha value is -2.02. The molecule has 0 spiro atoms. The lowest BCUT2D eigenvalue weighted by Crippen LogP contribution is -2.42. The van der Waals surface area contributed by atoms with Crippen LogP contribution < -0.4 is 15.8 Å². The predicted octanol–water partition coefficient (Wildman–Crippen LogP) is 2.10. The third kappa shape index (κ3) is 6.62. The fraction of sp³-hybridized carbons (Fsp3) is 0.600. The molecule has 0 aliphatic carbocycles. The van der Waals surface area contributed by atoms with Crippen molar-refractivity contribution in [2.45, 2.75) is 45.9 Å². The van der Waals surface area contributed by atoms with Crippen molar-refractivity contribution >= 4 is 11.9 Å². The SMILES string of the molecule is COc1ccc(COC[C@@H](C)OC(=O)NC(C)(C)C)nc1N. The molecule has 0 unspecified atom stereocenters. The Bertz CT molecular complexity index is 500. The van der Waals surface area contributed by atoms with E-state index in [-0.39, 0.29) is 24.9 Å². The molecule has 7 nitrogen and oxygen atoms in total. The summed E-state index contributed by atoms with van der Waals surface area (Å²) in [7, 11) is 1.53. The minimum atomic E-state index is -0.463. The zero-order chi connectivity index (χ0) is 16.8. The molecule has 0 fully saturated rings. The van der Waals surface area contributed by atoms with Gasteiger partial charge in [-0.2, -0.15) is 0 Å². The number of amides is 1. The van der Waals surface area contributed by atoms with Gasteiger partial charge < -0.3 is 25.3 Å². The van der Waals surface area contributed by atoms with Crippen LogP contribution in [0.2, 0.25) is 0 Å². The normalized spacial score (nSPS) is 12.6. The van der Waals surface area contributed by atoms with E-state index in [0.717, 1.165) is 0 Å². The first-order chi connectivity index (χ1) is 10.2. The van der Waals surface area contributed by atoms with Crippen LogP contribution in [0.3, 0.4) is 0 Å². The summed E-state index contributed by atoms with van der Waals surface area (Å²) in [4.78, 5) is 15.7. The average Bonchev–Trinajstić information content (AvgIpc) is 2.36. The van der Waals surface area contributed by atoms with E-state index in [1.807, 2.05) is 20.8 Å². The molecule has 0 radical (unpaired) electrons. The van der Waals surface area contributed by atoms with Crippen LogP contribution in [-0.2, 0) is 16.1 Å². The molecular formula is C15H25N3O4. The van der Waals surface area contributed by atoms with Crippen LogP contribution in [0.1, 0.15) is 33.4 Å². The van der Waals surface area contributed by atoms with Gasteiger partial charge in [0.1, 0.15) is 6.10 Å². The monoisotopic (exact) mass is 311 g/mol. The number of aromatic nitrogens is 1. The molecule has 0 aliphatic heterocycles. The van der Waals surface area contributed by atoms with E-state index in [1.165, 1.54) is 7.11 Å². The highest BCUT2D eigenvalue weighted by Crippen LogP contribution is 2.18. The molecule has 1 rings (SSSR count). The molecule has 1 aromatic heterocycles. The maximum absolute atomic E-state index is 11.6. The van der Waals surface area contributed by atoms with Crippen molar-refractivity contribution < 1.29 is 19.0 Å². The Balaban J connectivity index is 2.34. The van der Waals surface area contributed by atoms with Gasteiger partial charge in [0, 0.05) is 5.54 Å². The quantitative estimate of drug-likeness (QED) is 0.835. The third-order valence-electron chi connectivity index (χ3n) is 2.55. The number of ether oxygens (including phenoxy) is 3. The maximum atomic E-state index is 11.6. The second-order valence-electron chi connectivity index (χ2n) is 6.00. The van der Waals surface area contributed by atoms with Crippen LogP contribution in [0.5, 0.6) is 5.75 Å². The first kappa shape index (κ1) is 18.0. The topological polar surface area (TPSA) is 95.7 Å². The summed E-state index contributed by atoms with van der Waals surface area (Å²) in [6, 6.07) is 3.50. The standard InChI is InChI=1S/C15H25N3O4/c1-10(22-14(19)18-15(2,3)4)8-21-9-11-6-7-12(20-5)13(16)17-11/h6-7,10H,8-9H2,1-5H3,(H2,16,17)(H,18,19)/t10-/m1/s1. The fourth-order valence-corrected chi connectivity index (χ4v) is 1.64. The highest BCUT2D eigenvalue weighted by atomic mass is 16.6. The van der Waals surface area contributed by atoms with E-state index in [2.05, 4.69) is 10.3 Å². The molecule has 0 aromatic carbocycles. The Labute approximate surface area is 131 Å². The Morgan fingerprint density at radius 3 is 2.64 bits per heavy atom. The zero-order valence-corrected chi connectivity index (χ0v) is 13.8. The van der Waals surface area contributed by atoms with Crippen molar-refractivity contribution in [1.82, 2.24) is 10.3 Å². The summed E-state index contributed by atoms with van der Waals surface area (Å²) in [6.45, 7) is 7.96. The van der Waals surface area contributed by atoms with Crippen molar-refractivity contribution in [2.24, 2.45) is 0 Å². The van der Waals surface area contributed by atoms with Crippen LogP contribution in [0.25, 0.3) is 0 Å². The van der Waals surface area contributed by atoms with Gasteiger partial charge in [-0.3, -0.25) is 0 Å². The van der Waals surface area contributed by atoms with Crippen molar-refractivity contribution in [1.29, 1.82) is 0 Å². The van der Waals surface area contributed by atoms with Crippen LogP contribution in [0.15, 0.2) is 12.1 Å². The van der Waals surface area contributed by atoms with Crippen LogP contribution in [0, 0.1) is 0 Å². The molecular weight excluding hydrogens is 286 g/mol. The molecule has 1 heterocycles. The van der Waals surface area contributed by atoms with E-state index >= 15 is 0 Å². The summed E-state index contributed by atoms with van der Waals surface area (Å²) in [5, 5.41) is 2.72. The number of carbonyl (C=O) groups excluding carboxylic acids is 1. The van der Waals surface area contributed by atoms with Crippen molar-refractivity contribution in [3.63, 3.8) is 0 Å². The highest BCUT2D eigenvalue weighted by Gasteiger charge is 2.17. The molecule has 0 bridgehead atoms. The molecule has 0 saturated heterocycles. The summed E-state index contributed by atoms with van der Waals surface area (Å²) >= 11 is 0. The lowest BCUT2D eigenvalue weighted by atomic mass is 10.1. The summed E-state index contributed by atoms with van der Waals surface area (Å²) < 4.78 is 15.7. The summed E-state index contributed by atoms with van der Waals surface area (Å²) in [6.07, 6.45) is -0.826. The van der Waals surface area contributed by atoms with E-state index < -0.39 is 6.09 Å². The largest absolute Gasteiger partial charge is 0.493 e. The Kier molecular flexibility index (Phi) is 6.42. The maximum Gasteiger partial charge on any atom is 0.407 e. The molecule has 22 heavy (non-hydrogen) atoms. The molecule has 124 valence electrons. The molecule has 1 amide bonds. The number of carbonyl (C=O) groups is 1. The van der Waals surface area contributed by atoms with Gasteiger partial charge in [0.2, 0.25) is 0 Å². The van der Waals surface area contributed by atoms with Gasteiger partial charge in [0.15, 0.2) is 11.6 Å². The van der Waals surface area contributed by atoms with Crippen molar-refractivity contribution in [3.8, 4) is 5.75 Å². The van der Waals surface area contributed by atoms with E-state index in [0.29, 0.717) is 17.3 Å². The summed E-state index contributed by atoms with van der Waals surface area (Å²) in [5.74, 6) is 0.844. The number of pyridine rings is 1. The molecule has 3 N–H and O–H groups in total. The Morgan fingerprint density at radius 1 is 1.41 bits per heavy atom. The lowest BCUT2D eigenvalue weighted by Gasteiger charge is -2.22. The van der Waals surface area contributed by atoms with Crippen LogP contribution >= 0.6 is 0 Å². The van der Waals surface area contributed by atoms with Gasteiger partial charge in [-0.1, -0.05) is 0 Å². The van der Waals surface area contributed by atoms with E-state index in [4.69, 9.17) is 19.9 Å². The molecule has 0 aliphatic rings. The van der Waals surface area contributed by atoms with Crippen molar-refractivity contribution in [3.05, 3.63) is 17.8 Å². The second-order valence-corrected chi connectivity index (χ2v) is 6.00. The number of hydrogen-bond donors (Lipinski definition) is 2. The number of alkyl carbamates (subject to hydrolysis) is 1. The van der Waals surface area contributed by atoms with Gasteiger partial charge in [-0.05, 0) is 39.8 Å². The minimum absolute atomic E-state index is 0.269. The number of nitrogen functional groups attached to an aromatic ring is 1. The molecule has 1 atom stereocenters. The third-order valence-corrected chi connectivity index (χ3v) is 2.55. The fourth-order valence-electron chi connectivity index (χ4n) is 1.64. The highest BCUT2D eigenvalue weighted by molar-refractivity contribution is 5.68. The van der Waals surface area contributed by atoms with Crippen LogP contribution in [0.4, 0.5) is 10.6 Å². The molecule has 0 saturated carbocycles. The number of nitrogens with zero attached hydrogens (tertiary/aromatic N) is 1. The first-order valence-electron chi connectivity index (χ1n) is 7.07. The van der Waals surface area contributed by atoms with Crippen LogP contribution in [-0.4, -0.2) is 36.4 Å². The van der Waals surface area contributed by atoms with E-state index in [9.17, 15) is 4.79 Å². The lowest BCUT2D eigenvalue weighted by molar-refractivity contribution is 0.0189. The Morgan fingerprint density at radius 2 is 2.09 bits per heavy atom. The number of hydrogen-bond acceptors (Lipinski definition) is 6. The number of nitrogens with two attached hydrogens (primary N) is 1. The molecule has 1 aromatic rings. The minimum Gasteiger partial charge on any atom is -0.493 e. The summed E-state index contributed by atoms with van der Waals surface area (Å²) in [5.41, 5.74) is 6.07. The van der Waals surface area contributed by atoms with Crippen molar-refractivity contribution in [2.75, 3.05) is 19.5 Å². The predicted molar refractivity (Wildman–Crippen MR) is 83.7 cm³/mol. The van der Waals surface area contributed by atoms with Gasteiger partial charge in [-0.25, -0.2) is 9.78 Å². The zero-order valence-electron chi connectivity index (χ0n) is 13.8. The molecule has 7 heteroatoms.